The van der Waals surface area contributed by atoms with Crippen molar-refractivity contribution in [2.45, 2.75) is 0 Å². The summed E-state index contributed by atoms with van der Waals surface area (Å²) in [5.41, 5.74) is 3.16. The molecule has 1 fully saturated rings. The van der Waals surface area contributed by atoms with Crippen LogP contribution in [0.5, 0.6) is 0 Å². The van der Waals surface area contributed by atoms with E-state index in [1.165, 1.54) is 11.1 Å². The Hall–Kier alpha value is -2.34. The molecule has 20 heavy (non-hydrogen) atoms. The average molecular weight is 333 g/mol. The summed E-state index contributed by atoms with van der Waals surface area (Å²) in [6.45, 7) is 0. The van der Waals surface area contributed by atoms with Crippen molar-refractivity contribution in [3.63, 3.8) is 0 Å². The van der Waals surface area contributed by atoms with E-state index < -0.39 is 11.8 Å². The molecule has 2 amide bonds. The summed E-state index contributed by atoms with van der Waals surface area (Å²) in [6.07, 6.45) is 1.42. The number of nitrogens with zero attached hydrogens (tertiary/aromatic N) is 1. The number of para-hydroxylation sites is 1. The van der Waals surface area contributed by atoms with Gasteiger partial charge in [-0.05, 0) is 46.3 Å². The van der Waals surface area contributed by atoms with Crippen LogP contribution in [-0.4, -0.2) is 11.8 Å². The van der Waals surface area contributed by atoms with Crippen LogP contribution in [0, 0.1) is 0 Å². The zero-order chi connectivity index (χ0) is 14.1. The number of halogens is 1. The molecule has 0 aliphatic carbocycles. The van der Waals surface area contributed by atoms with Crippen molar-refractivity contribution >= 4 is 39.5 Å². The Labute approximate surface area is 123 Å². The Morgan fingerprint density at radius 3 is 2.50 bits per heavy atom. The standard InChI is InChI=1S/C14H9BrN2O3/c15-12-7-6-10(20-12)8-11-13(18)16-17(14(11)19)9-4-2-1-3-5-9/h1-8H,(H,16,18)/b11-8+. The van der Waals surface area contributed by atoms with Crippen LogP contribution in [-0.2, 0) is 9.59 Å². The third-order valence-electron chi connectivity index (χ3n) is 2.79. The molecular weight excluding hydrogens is 324 g/mol. The lowest BCUT2D eigenvalue weighted by molar-refractivity contribution is -0.117. The molecule has 1 saturated heterocycles. The molecule has 0 saturated carbocycles. The van der Waals surface area contributed by atoms with Crippen molar-refractivity contribution in [2.75, 3.05) is 5.01 Å². The van der Waals surface area contributed by atoms with Gasteiger partial charge in [-0.25, -0.2) is 5.01 Å². The number of carbonyl (C=O) groups is 2. The Kier molecular flexibility index (Phi) is 3.15. The van der Waals surface area contributed by atoms with Crippen LogP contribution in [0.3, 0.4) is 0 Å². The second-order valence-electron chi connectivity index (χ2n) is 4.12. The minimum absolute atomic E-state index is 0.0377. The Morgan fingerprint density at radius 2 is 1.85 bits per heavy atom. The number of anilines is 1. The molecule has 1 aliphatic heterocycles. The molecule has 6 heteroatoms. The van der Waals surface area contributed by atoms with Crippen LogP contribution in [0.15, 0.2) is 57.1 Å². The molecule has 3 rings (SSSR count). The predicted molar refractivity (Wildman–Crippen MR) is 76.5 cm³/mol. The lowest BCUT2D eigenvalue weighted by Crippen LogP contribution is -2.35. The smallest absolute Gasteiger partial charge is 0.282 e. The summed E-state index contributed by atoms with van der Waals surface area (Å²) in [7, 11) is 0. The molecule has 1 aromatic heterocycles. The van der Waals surface area contributed by atoms with Gasteiger partial charge in [-0.1, -0.05) is 18.2 Å². The SMILES string of the molecule is O=C1NN(c2ccccc2)C(=O)/C1=C/c1ccc(Br)o1. The van der Waals surface area contributed by atoms with Gasteiger partial charge in [0.1, 0.15) is 11.3 Å². The first-order chi connectivity index (χ1) is 9.65. The fraction of sp³-hybridized carbons (Fsp3) is 0. The average Bonchev–Trinajstić information content (AvgIpc) is 2.98. The maximum atomic E-state index is 12.2. The van der Waals surface area contributed by atoms with Gasteiger partial charge in [-0.2, -0.15) is 0 Å². The molecular formula is C14H9BrN2O3. The molecule has 0 atom stereocenters. The van der Waals surface area contributed by atoms with Crippen LogP contribution in [0.2, 0.25) is 0 Å². The predicted octanol–water partition coefficient (Wildman–Crippen LogP) is 2.50. The van der Waals surface area contributed by atoms with Gasteiger partial charge in [0.15, 0.2) is 4.67 Å². The van der Waals surface area contributed by atoms with Crippen LogP contribution < -0.4 is 10.4 Å². The van der Waals surface area contributed by atoms with Crippen LogP contribution in [0.25, 0.3) is 6.08 Å². The lowest BCUT2D eigenvalue weighted by atomic mass is 10.2. The first kappa shape index (κ1) is 12.7. The Balaban J connectivity index is 1.93. The number of furan rings is 1. The molecule has 1 aromatic carbocycles. The quantitative estimate of drug-likeness (QED) is 0.678. The van der Waals surface area contributed by atoms with E-state index in [0.717, 1.165) is 0 Å². The zero-order valence-corrected chi connectivity index (χ0v) is 11.8. The van der Waals surface area contributed by atoms with Gasteiger partial charge in [0.2, 0.25) is 0 Å². The van der Waals surface area contributed by atoms with E-state index in [-0.39, 0.29) is 5.57 Å². The second-order valence-corrected chi connectivity index (χ2v) is 4.90. The zero-order valence-electron chi connectivity index (χ0n) is 10.2. The first-order valence-electron chi connectivity index (χ1n) is 5.83. The molecule has 1 N–H and O–H groups in total. The van der Waals surface area contributed by atoms with E-state index in [1.807, 2.05) is 6.07 Å². The number of benzene rings is 1. The second kappa shape index (κ2) is 4.97. The van der Waals surface area contributed by atoms with Gasteiger partial charge in [0.25, 0.3) is 11.8 Å². The molecule has 100 valence electrons. The topological polar surface area (TPSA) is 62.6 Å². The van der Waals surface area contributed by atoms with E-state index >= 15 is 0 Å². The van der Waals surface area contributed by atoms with Gasteiger partial charge in [-0.3, -0.25) is 15.0 Å². The summed E-state index contributed by atoms with van der Waals surface area (Å²) in [4.78, 5) is 24.1. The van der Waals surface area contributed by atoms with Crippen molar-refractivity contribution in [3.8, 4) is 0 Å². The number of nitrogens with one attached hydrogen (secondary N) is 1. The maximum Gasteiger partial charge on any atom is 0.282 e. The fourth-order valence-electron chi connectivity index (χ4n) is 1.86. The highest BCUT2D eigenvalue weighted by atomic mass is 79.9. The minimum atomic E-state index is -0.452. The Bertz CT molecular complexity index is 706. The van der Waals surface area contributed by atoms with Gasteiger partial charge >= 0.3 is 0 Å². The highest BCUT2D eigenvalue weighted by Crippen LogP contribution is 2.22. The number of carbonyl (C=O) groups excluding carboxylic acids is 2. The Morgan fingerprint density at radius 1 is 1.10 bits per heavy atom. The molecule has 2 aromatic rings. The monoisotopic (exact) mass is 332 g/mol. The third-order valence-corrected chi connectivity index (χ3v) is 3.21. The van der Waals surface area contributed by atoms with Crippen molar-refractivity contribution in [3.05, 3.63) is 58.5 Å². The highest BCUT2D eigenvalue weighted by molar-refractivity contribution is 9.10. The van der Waals surface area contributed by atoms with E-state index in [4.69, 9.17) is 4.42 Å². The first-order valence-corrected chi connectivity index (χ1v) is 6.62. The van der Waals surface area contributed by atoms with E-state index in [2.05, 4.69) is 21.4 Å². The third kappa shape index (κ3) is 2.25. The molecule has 0 spiro atoms. The van der Waals surface area contributed by atoms with Crippen molar-refractivity contribution < 1.29 is 14.0 Å². The van der Waals surface area contributed by atoms with Gasteiger partial charge in [0.05, 0.1) is 5.69 Å². The molecule has 2 heterocycles. The van der Waals surface area contributed by atoms with Gasteiger partial charge < -0.3 is 4.42 Å². The van der Waals surface area contributed by atoms with Crippen LogP contribution >= 0.6 is 15.9 Å². The maximum absolute atomic E-state index is 12.2. The van der Waals surface area contributed by atoms with E-state index in [9.17, 15) is 9.59 Å². The number of hydrogen-bond acceptors (Lipinski definition) is 3. The van der Waals surface area contributed by atoms with Gasteiger partial charge in [0, 0.05) is 0 Å². The van der Waals surface area contributed by atoms with Crippen molar-refractivity contribution in [1.29, 1.82) is 0 Å². The summed E-state index contributed by atoms with van der Waals surface area (Å²) >= 11 is 3.17. The summed E-state index contributed by atoms with van der Waals surface area (Å²) in [6, 6.07) is 12.3. The largest absolute Gasteiger partial charge is 0.450 e. The molecule has 0 radical (unpaired) electrons. The molecule has 1 aliphatic rings. The number of amides is 2. The molecule has 0 unspecified atom stereocenters. The molecule has 0 bridgehead atoms. The summed E-state index contributed by atoms with van der Waals surface area (Å²) in [5, 5.41) is 1.21. The lowest BCUT2D eigenvalue weighted by Gasteiger charge is -2.13. The summed E-state index contributed by atoms with van der Waals surface area (Å²) < 4.78 is 5.81. The van der Waals surface area contributed by atoms with Gasteiger partial charge in [-0.15, -0.1) is 0 Å². The summed E-state index contributed by atoms with van der Waals surface area (Å²) in [5.74, 6) is -0.426. The number of hydrogen-bond donors (Lipinski definition) is 1. The van der Waals surface area contributed by atoms with Crippen molar-refractivity contribution in [1.82, 2.24) is 5.43 Å². The minimum Gasteiger partial charge on any atom is -0.450 e. The van der Waals surface area contributed by atoms with Crippen LogP contribution in [0.4, 0.5) is 5.69 Å². The van der Waals surface area contributed by atoms with Crippen molar-refractivity contribution in [2.24, 2.45) is 0 Å². The number of hydrazine groups is 1. The van der Waals surface area contributed by atoms with E-state index in [0.29, 0.717) is 16.1 Å². The molecule has 5 nitrogen and oxygen atoms in total. The highest BCUT2D eigenvalue weighted by Gasteiger charge is 2.34. The fourth-order valence-corrected chi connectivity index (χ4v) is 2.18. The van der Waals surface area contributed by atoms with Crippen LogP contribution in [0.1, 0.15) is 5.76 Å². The normalized spacial score (nSPS) is 16.9. The van der Waals surface area contributed by atoms with E-state index in [1.54, 1.807) is 36.4 Å². The number of rotatable bonds is 2.